The first kappa shape index (κ1) is 22.7. The number of carbonyl (C=O) groups excluding carboxylic acids is 1. The van der Waals surface area contributed by atoms with Gasteiger partial charge in [0, 0.05) is 45.2 Å². The topological polar surface area (TPSA) is 79.8 Å². The van der Waals surface area contributed by atoms with Crippen molar-refractivity contribution in [2.24, 2.45) is 0 Å². The van der Waals surface area contributed by atoms with Crippen LogP contribution in [-0.2, 0) is 9.53 Å². The van der Waals surface area contributed by atoms with Crippen molar-refractivity contribution in [3.05, 3.63) is 35.3 Å². The summed E-state index contributed by atoms with van der Waals surface area (Å²) in [5.74, 6) is -3.08. The summed E-state index contributed by atoms with van der Waals surface area (Å²) in [6, 6.07) is 1.68. The van der Waals surface area contributed by atoms with E-state index in [-0.39, 0.29) is 30.3 Å². The van der Waals surface area contributed by atoms with Crippen molar-refractivity contribution in [3.8, 4) is 5.75 Å². The van der Waals surface area contributed by atoms with E-state index in [9.17, 15) is 18.0 Å². The van der Waals surface area contributed by atoms with E-state index >= 15 is 0 Å². The van der Waals surface area contributed by atoms with Crippen LogP contribution >= 0.6 is 0 Å². The van der Waals surface area contributed by atoms with Crippen LogP contribution in [0.3, 0.4) is 0 Å². The molecule has 0 radical (unpaired) electrons. The summed E-state index contributed by atoms with van der Waals surface area (Å²) in [6.45, 7) is 2.04. The highest BCUT2D eigenvalue weighted by Gasteiger charge is 2.50. The first-order valence-electron chi connectivity index (χ1n) is 11.3. The van der Waals surface area contributed by atoms with Crippen LogP contribution in [0.5, 0.6) is 5.75 Å². The molecule has 2 fully saturated rings. The molecule has 1 N–H and O–H groups in total. The smallest absolute Gasteiger partial charge is 0.249 e. The Morgan fingerprint density at radius 1 is 1.15 bits per heavy atom. The number of aromatic nitrogens is 2. The van der Waals surface area contributed by atoms with Crippen molar-refractivity contribution < 1.29 is 27.4 Å². The molecule has 0 saturated heterocycles. The van der Waals surface area contributed by atoms with E-state index in [1.807, 2.05) is 14.0 Å². The predicted octanol–water partition coefficient (Wildman–Crippen LogP) is 3.53. The van der Waals surface area contributed by atoms with Gasteiger partial charge in [0.15, 0.2) is 23.3 Å². The molecule has 1 aromatic carbocycles. The summed E-state index contributed by atoms with van der Waals surface area (Å²) in [6.07, 6.45) is 3.38. The lowest BCUT2D eigenvalue weighted by atomic mass is 9.85. The number of carbonyl (C=O) groups is 1. The molecule has 34 heavy (non-hydrogen) atoms. The molecule has 11 heteroatoms. The maximum absolute atomic E-state index is 13.4. The normalized spacial score (nSPS) is 23.2. The summed E-state index contributed by atoms with van der Waals surface area (Å²) in [5, 5.41) is 3.27. The average Bonchev–Trinajstić information content (AvgIpc) is 2.72. The van der Waals surface area contributed by atoms with Crippen LogP contribution in [0, 0.1) is 24.4 Å². The summed E-state index contributed by atoms with van der Waals surface area (Å²) < 4.78 is 51.3. The van der Waals surface area contributed by atoms with Gasteiger partial charge in [-0.15, -0.1) is 0 Å². The highest BCUT2D eigenvalue weighted by molar-refractivity contribution is 6.04. The minimum absolute atomic E-state index is 0.00109. The Bertz CT molecular complexity index is 1110. The van der Waals surface area contributed by atoms with E-state index in [0.717, 1.165) is 31.4 Å². The van der Waals surface area contributed by atoms with Crippen LogP contribution in [0.4, 0.5) is 30.6 Å². The summed E-state index contributed by atoms with van der Waals surface area (Å²) in [4.78, 5) is 25.7. The first-order chi connectivity index (χ1) is 16.2. The molecule has 0 unspecified atom stereocenters. The average molecular weight is 477 g/mol. The molecule has 5 rings (SSSR count). The fraction of sp³-hybridized carbons (Fsp3) is 0.522. The van der Waals surface area contributed by atoms with Gasteiger partial charge in [-0.25, -0.2) is 18.2 Å². The van der Waals surface area contributed by atoms with Gasteiger partial charge in [-0.2, -0.15) is 4.98 Å². The van der Waals surface area contributed by atoms with Gasteiger partial charge in [-0.1, -0.05) is 0 Å². The van der Waals surface area contributed by atoms with Gasteiger partial charge in [0.05, 0.1) is 12.2 Å². The van der Waals surface area contributed by atoms with E-state index in [2.05, 4.69) is 15.3 Å². The number of anilines is 3. The molecule has 182 valence electrons. The number of benzene rings is 1. The van der Waals surface area contributed by atoms with Gasteiger partial charge in [-0.05, 0) is 26.2 Å². The van der Waals surface area contributed by atoms with E-state index < -0.39 is 23.2 Å². The number of amides is 1. The Morgan fingerprint density at radius 2 is 1.82 bits per heavy atom. The number of likely N-dealkylation sites (N-methyl/N-ethyl adjacent to an activating group) is 1. The fourth-order valence-corrected chi connectivity index (χ4v) is 4.80. The Morgan fingerprint density at radius 3 is 2.41 bits per heavy atom. The molecule has 0 spiro atoms. The van der Waals surface area contributed by atoms with Crippen molar-refractivity contribution in [1.82, 2.24) is 9.97 Å². The molecule has 0 bridgehead atoms. The number of rotatable bonds is 6. The second-order valence-electron chi connectivity index (χ2n) is 9.15. The van der Waals surface area contributed by atoms with Crippen molar-refractivity contribution in [2.45, 2.75) is 56.9 Å². The zero-order valence-corrected chi connectivity index (χ0v) is 19.2. The molecular weight excluding hydrogens is 451 g/mol. The molecule has 2 saturated carbocycles. The molecular formula is C23H26F3N5O3. The van der Waals surface area contributed by atoms with Crippen LogP contribution < -0.4 is 19.9 Å². The number of hydrogen-bond acceptors (Lipinski definition) is 7. The van der Waals surface area contributed by atoms with Gasteiger partial charge in [-0.3, -0.25) is 9.69 Å². The third kappa shape index (κ3) is 3.71. The minimum Gasteiger partial charge on any atom is -0.490 e. The van der Waals surface area contributed by atoms with Crippen LogP contribution in [-0.4, -0.2) is 54.4 Å². The molecule has 0 atom stereocenters. The van der Waals surface area contributed by atoms with Crippen molar-refractivity contribution in [2.75, 3.05) is 35.8 Å². The number of methoxy groups -OCH3 is 1. The maximum Gasteiger partial charge on any atom is 0.249 e. The van der Waals surface area contributed by atoms with Gasteiger partial charge < -0.3 is 19.7 Å². The monoisotopic (exact) mass is 477 g/mol. The largest absolute Gasteiger partial charge is 0.490 e. The Labute approximate surface area is 195 Å². The van der Waals surface area contributed by atoms with Crippen molar-refractivity contribution in [1.29, 1.82) is 0 Å². The number of aryl methyl sites for hydroxylation is 1. The molecule has 8 nitrogen and oxygen atoms in total. The molecule has 1 aliphatic heterocycles. The standard InChI is InChI=1S/C23H26F3N5O3/c1-12-20-21(30(2)11-18(32)31(20)23(33-3)5-4-6-23)29-22(27-12)28-13-7-14(8-13)34-15-9-16(24)19(26)17(25)10-15/h9-10,13-14H,4-8,11H2,1-3H3,(H,27,28,29)/t13-,14-. The number of nitrogens with zero attached hydrogens (tertiary/aromatic N) is 4. The van der Waals surface area contributed by atoms with E-state index in [0.29, 0.717) is 36.0 Å². The minimum atomic E-state index is -1.51. The lowest BCUT2D eigenvalue weighted by Gasteiger charge is -2.51. The van der Waals surface area contributed by atoms with E-state index in [1.165, 1.54) is 0 Å². The molecule has 2 aromatic rings. The maximum atomic E-state index is 13.4. The third-order valence-corrected chi connectivity index (χ3v) is 6.86. The van der Waals surface area contributed by atoms with Gasteiger partial charge in [0.25, 0.3) is 0 Å². The number of fused-ring (bicyclic) bond motifs is 1. The Kier molecular flexibility index (Phi) is 5.54. The number of hydrogen-bond donors (Lipinski definition) is 1. The summed E-state index contributed by atoms with van der Waals surface area (Å²) in [5.41, 5.74) is 0.690. The van der Waals surface area contributed by atoms with E-state index in [1.54, 1.807) is 16.9 Å². The predicted molar refractivity (Wildman–Crippen MR) is 118 cm³/mol. The van der Waals surface area contributed by atoms with Crippen LogP contribution in [0.2, 0.25) is 0 Å². The number of halogens is 3. The fourth-order valence-electron chi connectivity index (χ4n) is 4.80. The summed E-state index contributed by atoms with van der Waals surface area (Å²) >= 11 is 0. The Hall–Kier alpha value is -3.08. The van der Waals surface area contributed by atoms with Gasteiger partial charge in [0.2, 0.25) is 11.9 Å². The zero-order valence-electron chi connectivity index (χ0n) is 19.2. The quantitative estimate of drug-likeness (QED) is 0.638. The van der Waals surface area contributed by atoms with Crippen LogP contribution in [0.15, 0.2) is 12.1 Å². The number of ether oxygens (including phenoxy) is 2. The van der Waals surface area contributed by atoms with Crippen molar-refractivity contribution >= 4 is 23.4 Å². The molecule has 3 aliphatic rings. The van der Waals surface area contributed by atoms with E-state index in [4.69, 9.17) is 9.47 Å². The second-order valence-corrected chi connectivity index (χ2v) is 9.15. The highest BCUT2D eigenvalue weighted by Crippen LogP contribution is 2.46. The van der Waals surface area contributed by atoms with Gasteiger partial charge >= 0.3 is 0 Å². The lowest BCUT2D eigenvalue weighted by Crippen LogP contribution is -2.62. The molecule has 2 aliphatic carbocycles. The van der Waals surface area contributed by atoms with Crippen LogP contribution in [0.25, 0.3) is 0 Å². The number of nitrogens with one attached hydrogen (secondary N) is 1. The first-order valence-corrected chi connectivity index (χ1v) is 11.3. The lowest BCUT2D eigenvalue weighted by molar-refractivity contribution is -0.130. The second kappa shape index (κ2) is 8.30. The molecule has 1 aromatic heterocycles. The molecule has 1 amide bonds. The Balaban J connectivity index is 1.29. The van der Waals surface area contributed by atoms with Crippen LogP contribution in [0.1, 0.15) is 37.8 Å². The zero-order chi connectivity index (χ0) is 24.2. The summed E-state index contributed by atoms with van der Waals surface area (Å²) in [7, 11) is 3.44. The highest BCUT2D eigenvalue weighted by atomic mass is 19.2. The van der Waals surface area contributed by atoms with Crippen molar-refractivity contribution in [3.63, 3.8) is 0 Å². The van der Waals surface area contributed by atoms with Gasteiger partial charge in [0.1, 0.15) is 23.3 Å². The third-order valence-electron chi connectivity index (χ3n) is 6.86. The SMILES string of the molecule is COC1(N2C(=O)CN(C)c3nc(N[C@H]4C[C@H](Oc5cc(F)c(F)c(F)c5)C4)nc(C)c32)CCC1. The molecule has 2 heterocycles.